The first kappa shape index (κ1) is 26.0. The lowest BCUT2D eigenvalue weighted by molar-refractivity contribution is 1.52. The Labute approximate surface area is 239 Å². The van der Waals surface area contributed by atoms with Crippen molar-refractivity contribution in [1.82, 2.24) is 0 Å². The van der Waals surface area contributed by atoms with Gasteiger partial charge in [-0.05, 0) is 36.4 Å². The van der Waals surface area contributed by atoms with Crippen LogP contribution in [0.5, 0.6) is 0 Å². The molecular weight excluding hydrogens is 522 g/mol. The van der Waals surface area contributed by atoms with Gasteiger partial charge in [-0.25, -0.2) is 0 Å². The quantitative estimate of drug-likeness (QED) is 0.182. The average molecular weight is 553 g/mol. The van der Waals surface area contributed by atoms with Crippen LogP contribution in [0.3, 0.4) is 0 Å². The van der Waals surface area contributed by atoms with E-state index in [1.54, 1.807) is 0 Å². The summed E-state index contributed by atoms with van der Waals surface area (Å²) in [5, 5.41) is 8.86. The SMILES string of the molecule is c1ccc(Nc2ccc(N(P(c3ccccc3)c3ccccc3)P(c3ccccc3)c3ccccc3)cc2)cc1. The molecule has 2 nitrogen and oxygen atoms in total. The zero-order valence-corrected chi connectivity index (χ0v) is 23.9. The van der Waals surface area contributed by atoms with Gasteiger partial charge in [-0.15, -0.1) is 0 Å². The Morgan fingerprint density at radius 2 is 0.625 bits per heavy atom. The van der Waals surface area contributed by atoms with Crippen molar-refractivity contribution >= 4 is 54.4 Å². The molecule has 0 radical (unpaired) electrons. The van der Waals surface area contributed by atoms with Gasteiger partial charge in [0.25, 0.3) is 0 Å². The lowest BCUT2D eigenvalue weighted by Gasteiger charge is -2.40. The largest absolute Gasteiger partial charge is 0.356 e. The van der Waals surface area contributed by atoms with Gasteiger partial charge in [0.15, 0.2) is 0 Å². The Balaban J connectivity index is 1.53. The summed E-state index contributed by atoms with van der Waals surface area (Å²) >= 11 is 0. The first-order valence-electron chi connectivity index (χ1n) is 13.4. The fourth-order valence-electron chi connectivity index (χ4n) is 4.70. The molecule has 194 valence electrons. The maximum absolute atomic E-state index is 3.55. The van der Waals surface area contributed by atoms with Crippen LogP contribution in [0.2, 0.25) is 0 Å². The van der Waals surface area contributed by atoms with Crippen LogP contribution in [0.25, 0.3) is 0 Å². The van der Waals surface area contributed by atoms with E-state index in [1.807, 2.05) is 6.07 Å². The summed E-state index contributed by atoms with van der Waals surface area (Å²) in [6, 6.07) is 63.2. The second-order valence-corrected chi connectivity index (χ2v) is 13.7. The summed E-state index contributed by atoms with van der Waals surface area (Å²) in [6.45, 7) is 0. The molecule has 0 heterocycles. The monoisotopic (exact) mass is 552 g/mol. The Morgan fingerprint density at radius 3 is 0.975 bits per heavy atom. The normalized spacial score (nSPS) is 10.9. The third kappa shape index (κ3) is 6.00. The third-order valence-electron chi connectivity index (χ3n) is 6.54. The molecule has 6 aromatic rings. The number of para-hydroxylation sites is 1. The molecule has 0 spiro atoms. The van der Waals surface area contributed by atoms with Crippen molar-refractivity contribution in [1.29, 1.82) is 0 Å². The number of nitrogens with one attached hydrogen (secondary N) is 1. The lowest BCUT2D eigenvalue weighted by atomic mass is 10.2. The summed E-state index contributed by atoms with van der Waals surface area (Å²) in [6.07, 6.45) is 0. The second kappa shape index (κ2) is 12.8. The molecule has 0 aromatic heterocycles. The van der Waals surface area contributed by atoms with Crippen LogP contribution < -0.4 is 31.0 Å². The van der Waals surface area contributed by atoms with E-state index >= 15 is 0 Å². The predicted octanol–water partition coefficient (Wildman–Crippen LogP) is 8.33. The summed E-state index contributed by atoms with van der Waals surface area (Å²) in [7, 11) is -1.79. The molecule has 0 saturated heterocycles. The average Bonchev–Trinajstić information content (AvgIpc) is 3.04. The molecular formula is C36H30N2P2. The van der Waals surface area contributed by atoms with E-state index in [4.69, 9.17) is 0 Å². The van der Waals surface area contributed by atoms with Gasteiger partial charge < -0.3 is 9.76 Å². The van der Waals surface area contributed by atoms with Gasteiger partial charge >= 0.3 is 0 Å². The molecule has 1 N–H and O–H groups in total. The van der Waals surface area contributed by atoms with Crippen LogP contribution >= 0.6 is 16.1 Å². The van der Waals surface area contributed by atoms with E-state index in [0.29, 0.717) is 0 Å². The smallest absolute Gasteiger partial charge is 0.0590 e. The number of hydrogen-bond donors (Lipinski definition) is 1. The highest BCUT2D eigenvalue weighted by Gasteiger charge is 2.32. The molecule has 0 aliphatic rings. The van der Waals surface area contributed by atoms with Crippen LogP contribution in [0, 0.1) is 0 Å². The van der Waals surface area contributed by atoms with E-state index in [2.05, 4.69) is 180 Å². The van der Waals surface area contributed by atoms with Gasteiger partial charge in [-0.3, -0.25) is 0 Å². The van der Waals surface area contributed by atoms with Crippen LogP contribution in [0.15, 0.2) is 176 Å². The maximum atomic E-state index is 3.55. The van der Waals surface area contributed by atoms with Crippen molar-refractivity contribution in [2.45, 2.75) is 0 Å². The maximum Gasteiger partial charge on any atom is 0.0590 e. The Hall–Kier alpha value is -4.22. The van der Waals surface area contributed by atoms with E-state index in [-0.39, 0.29) is 0 Å². The van der Waals surface area contributed by atoms with Gasteiger partial charge in [0.2, 0.25) is 0 Å². The van der Waals surface area contributed by atoms with Gasteiger partial charge in [0.1, 0.15) is 0 Å². The fraction of sp³-hybridized carbons (Fsp3) is 0. The van der Waals surface area contributed by atoms with Crippen LogP contribution in [0.4, 0.5) is 17.1 Å². The summed E-state index contributed by atoms with van der Waals surface area (Å²) in [4.78, 5) is 0. The van der Waals surface area contributed by atoms with E-state index < -0.39 is 16.1 Å². The number of rotatable bonds is 9. The minimum Gasteiger partial charge on any atom is -0.356 e. The fourth-order valence-corrected chi connectivity index (χ4v) is 10.7. The van der Waals surface area contributed by atoms with Crippen molar-refractivity contribution in [3.05, 3.63) is 176 Å². The Kier molecular flexibility index (Phi) is 8.30. The molecule has 0 amide bonds. The van der Waals surface area contributed by atoms with Crippen LogP contribution in [-0.4, -0.2) is 0 Å². The van der Waals surface area contributed by atoms with Gasteiger partial charge in [-0.1, -0.05) is 140 Å². The topological polar surface area (TPSA) is 15.3 Å². The summed E-state index contributed by atoms with van der Waals surface area (Å²) in [5.41, 5.74) is 3.36. The van der Waals surface area contributed by atoms with Crippen LogP contribution in [0.1, 0.15) is 0 Å². The van der Waals surface area contributed by atoms with Gasteiger partial charge in [-0.2, -0.15) is 0 Å². The zero-order chi connectivity index (χ0) is 27.0. The first-order chi connectivity index (χ1) is 19.9. The van der Waals surface area contributed by atoms with E-state index in [9.17, 15) is 0 Å². The Bertz CT molecular complexity index is 1430. The molecule has 0 bridgehead atoms. The highest BCUT2D eigenvalue weighted by Crippen LogP contribution is 2.57. The van der Waals surface area contributed by atoms with E-state index in [1.165, 1.54) is 26.9 Å². The molecule has 0 atom stereocenters. The standard InChI is InChI=1S/C36H30N2P2/c1-6-16-30(17-7-1)37-31-26-28-32(29-27-31)38(39(33-18-8-2-9-19-33)34-20-10-3-11-21-34)40(35-22-12-4-13-23-35)36-24-14-5-15-25-36/h1-29,37H. The summed E-state index contributed by atoms with van der Waals surface area (Å²) in [5.74, 6) is 0. The highest BCUT2D eigenvalue weighted by molar-refractivity contribution is 7.90. The minimum atomic E-state index is -0.893. The first-order valence-corrected chi connectivity index (χ1v) is 16.0. The molecule has 0 unspecified atom stereocenters. The zero-order valence-electron chi connectivity index (χ0n) is 22.1. The van der Waals surface area contributed by atoms with Gasteiger partial charge in [0.05, 0.1) is 16.1 Å². The van der Waals surface area contributed by atoms with Crippen molar-refractivity contribution in [2.24, 2.45) is 0 Å². The highest BCUT2D eigenvalue weighted by atomic mass is 31.2. The molecule has 0 saturated carbocycles. The van der Waals surface area contributed by atoms with Crippen molar-refractivity contribution < 1.29 is 0 Å². The molecule has 40 heavy (non-hydrogen) atoms. The number of hydrogen-bond acceptors (Lipinski definition) is 2. The minimum absolute atomic E-state index is 0.893. The molecule has 0 fully saturated rings. The molecule has 0 aliphatic carbocycles. The van der Waals surface area contributed by atoms with Crippen LogP contribution in [-0.2, 0) is 0 Å². The third-order valence-corrected chi connectivity index (χ3v) is 12.0. The van der Waals surface area contributed by atoms with Gasteiger partial charge in [0, 0.05) is 38.3 Å². The van der Waals surface area contributed by atoms with Crippen molar-refractivity contribution in [3.8, 4) is 0 Å². The van der Waals surface area contributed by atoms with E-state index in [0.717, 1.165) is 11.4 Å². The second-order valence-electron chi connectivity index (χ2n) is 9.29. The molecule has 4 heteroatoms. The number of benzene rings is 6. The molecule has 6 aromatic carbocycles. The molecule has 0 aliphatic heterocycles. The van der Waals surface area contributed by atoms with Crippen molar-refractivity contribution in [2.75, 3.05) is 9.76 Å². The lowest BCUT2D eigenvalue weighted by Crippen LogP contribution is -2.31. The summed E-state index contributed by atoms with van der Waals surface area (Å²) < 4.78 is 2.70. The Morgan fingerprint density at radius 1 is 0.325 bits per heavy atom. The molecule has 6 rings (SSSR count). The number of nitrogens with zero attached hydrogens (tertiary/aromatic N) is 1. The number of anilines is 3. The predicted molar refractivity (Wildman–Crippen MR) is 177 cm³/mol. The van der Waals surface area contributed by atoms with Crippen molar-refractivity contribution in [3.63, 3.8) is 0 Å².